The fourth-order valence-corrected chi connectivity index (χ4v) is 2.78. The van der Waals surface area contributed by atoms with E-state index < -0.39 is 0 Å². The van der Waals surface area contributed by atoms with Crippen LogP contribution in [0.15, 0.2) is 6.33 Å². The summed E-state index contributed by atoms with van der Waals surface area (Å²) in [4.78, 5) is 14.1. The SMILES string of the molecule is C[C@@H]1C[C@@H](C)CN(CCNC(=O)Cn2cnnn2)C1. The molecule has 0 bridgehead atoms. The molecule has 19 heavy (non-hydrogen) atoms. The first-order chi connectivity index (χ1) is 9.13. The highest BCUT2D eigenvalue weighted by Gasteiger charge is 2.21. The minimum Gasteiger partial charge on any atom is -0.353 e. The molecule has 1 N–H and O–H groups in total. The number of tetrazole rings is 1. The summed E-state index contributed by atoms with van der Waals surface area (Å²) in [5, 5.41) is 13.5. The van der Waals surface area contributed by atoms with Crippen LogP contribution in [0.5, 0.6) is 0 Å². The zero-order valence-electron chi connectivity index (χ0n) is 11.6. The summed E-state index contributed by atoms with van der Waals surface area (Å²) in [6.45, 7) is 8.62. The van der Waals surface area contributed by atoms with Gasteiger partial charge < -0.3 is 10.2 Å². The molecule has 2 rings (SSSR count). The zero-order chi connectivity index (χ0) is 13.7. The quantitative estimate of drug-likeness (QED) is 0.796. The molecule has 1 aliphatic heterocycles. The Balaban J connectivity index is 1.64. The third-order valence-electron chi connectivity index (χ3n) is 3.39. The van der Waals surface area contributed by atoms with E-state index in [1.54, 1.807) is 0 Å². The van der Waals surface area contributed by atoms with Crippen molar-refractivity contribution < 1.29 is 4.79 Å². The number of nitrogens with zero attached hydrogens (tertiary/aromatic N) is 5. The predicted molar refractivity (Wildman–Crippen MR) is 70.2 cm³/mol. The Kier molecular flexibility index (Phi) is 4.84. The van der Waals surface area contributed by atoms with Crippen molar-refractivity contribution in [2.75, 3.05) is 26.2 Å². The second-order valence-electron chi connectivity index (χ2n) is 5.56. The minimum atomic E-state index is -0.0505. The van der Waals surface area contributed by atoms with Gasteiger partial charge >= 0.3 is 0 Å². The number of carbonyl (C=O) groups is 1. The van der Waals surface area contributed by atoms with E-state index in [-0.39, 0.29) is 12.5 Å². The van der Waals surface area contributed by atoms with Gasteiger partial charge in [-0.25, -0.2) is 4.68 Å². The maximum absolute atomic E-state index is 11.6. The van der Waals surface area contributed by atoms with Crippen LogP contribution in [0, 0.1) is 11.8 Å². The number of hydrogen-bond donors (Lipinski definition) is 1. The maximum Gasteiger partial charge on any atom is 0.241 e. The van der Waals surface area contributed by atoms with Gasteiger partial charge in [-0.3, -0.25) is 4.79 Å². The molecule has 0 aromatic carbocycles. The Morgan fingerprint density at radius 1 is 1.37 bits per heavy atom. The van der Waals surface area contributed by atoms with Crippen LogP contribution in [0.4, 0.5) is 0 Å². The van der Waals surface area contributed by atoms with Crippen LogP contribution in [-0.4, -0.2) is 57.2 Å². The van der Waals surface area contributed by atoms with E-state index in [0.29, 0.717) is 6.54 Å². The third-order valence-corrected chi connectivity index (χ3v) is 3.39. The molecule has 1 aliphatic rings. The molecule has 0 unspecified atom stereocenters. The van der Waals surface area contributed by atoms with Crippen molar-refractivity contribution in [2.24, 2.45) is 11.8 Å². The molecule has 1 aromatic rings. The summed E-state index contributed by atoms with van der Waals surface area (Å²) in [7, 11) is 0. The zero-order valence-corrected chi connectivity index (χ0v) is 11.6. The van der Waals surface area contributed by atoms with E-state index in [2.05, 4.69) is 39.6 Å². The molecule has 1 amide bonds. The smallest absolute Gasteiger partial charge is 0.241 e. The summed E-state index contributed by atoms with van der Waals surface area (Å²) in [6, 6.07) is 0. The van der Waals surface area contributed by atoms with Gasteiger partial charge in [0.15, 0.2) is 0 Å². The molecule has 1 saturated heterocycles. The van der Waals surface area contributed by atoms with Crippen molar-refractivity contribution >= 4 is 5.91 Å². The van der Waals surface area contributed by atoms with Crippen molar-refractivity contribution in [1.29, 1.82) is 0 Å². The predicted octanol–water partition coefficient (Wildman–Crippen LogP) is -0.233. The number of carbonyl (C=O) groups excluding carboxylic acids is 1. The fourth-order valence-electron chi connectivity index (χ4n) is 2.78. The number of hydrogen-bond acceptors (Lipinski definition) is 5. The van der Waals surface area contributed by atoms with E-state index in [1.165, 1.54) is 17.4 Å². The van der Waals surface area contributed by atoms with Gasteiger partial charge in [-0.05, 0) is 28.7 Å². The topological polar surface area (TPSA) is 75.9 Å². The first-order valence-electron chi connectivity index (χ1n) is 6.83. The molecule has 0 saturated carbocycles. The van der Waals surface area contributed by atoms with Gasteiger partial charge in [-0.15, -0.1) is 5.10 Å². The highest BCUT2D eigenvalue weighted by Crippen LogP contribution is 2.20. The van der Waals surface area contributed by atoms with Crippen LogP contribution in [0.25, 0.3) is 0 Å². The van der Waals surface area contributed by atoms with Gasteiger partial charge in [0.2, 0.25) is 5.91 Å². The first-order valence-corrected chi connectivity index (χ1v) is 6.83. The van der Waals surface area contributed by atoms with Gasteiger partial charge in [0, 0.05) is 26.2 Å². The number of amides is 1. The Morgan fingerprint density at radius 2 is 2.11 bits per heavy atom. The monoisotopic (exact) mass is 266 g/mol. The second kappa shape index (κ2) is 6.60. The second-order valence-corrected chi connectivity index (χ2v) is 5.56. The number of aromatic nitrogens is 4. The number of piperidine rings is 1. The van der Waals surface area contributed by atoms with Crippen molar-refractivity contribution in [3.05, 3.63) is 6.33 Å². The van der Waals surface area contributed by atoms with Crippen molar-refractivity contribution in [1.82, 2.24) is 30.4 Å². The first kappa shape index (κ1) is 13.9. The summed E-state index contributed by atoms with van der Waals surface area (Å²) in [6.07, 6.45) is 2.75. The van der Waals surface area contributed by atoms with Crippen molar-refractivity contribution in [3.63, 3.8) is 0 Å². The lowest BCUT2D eigenvalue weighted by Gasteiger charge is -2.34. The van der Waals surface area contributed by atoms with Crippen LogP contribution in [0.2, 0.25) is 0 Å². The Morgan fingerprint density at radius 3 is 2.74 bits per heavy atom. The molecular weight excluding hydrogens is 244 g/mol. The van der Waals surface area contributed by atoms with E-state index in [0.717, 1.165) is 31.5 Å². The highest BCUT2D eigenvalue weighted by molar-refractivity contribution is 5.75. The number of likely N-dealkylation sites (tertiary alicyclic amines) is 1. The van der Waals surface area contributed by atoms with E-state index in [1.807, 2.05) is 0 Å². The average Bonchev–Trinajstić information content (AvgIpc) is 2.80. The van der Waals surface area contributed by atoms with Crippen LogP contribution < -0.4 is 5.32 Å². The maximum atomic E-state index is 11.6. The van der Waals surface area contributed by atoms with Crippen LogP contribution in [-0.2, 0) is 11.3 Å². The Bertz CT molecular complexity index is 383. The number of rotatable bonds is 5. The molecule has 7 heteroatoms. The summed E-state index contributed by atoms with van der Waals surface area (Å²) in [5.74, 6) is 1.45. The Hall–Kier alpha value is -1.50. The van der Waals surface area contributed by atoms with E-state index in [4.69, 9.17) is 0 Å². The van der Waals surface area contributed by atoms with Crippen LogP contribution >= 0.6 is 0 Å². The largest absolute Gasteiger partial charge is 0.353 e. The van der Waals surface area contributed by atoms with E-state index >= 15 is 0 Å². The molecular formula is C12H22N6O. The fraction of sp³-hybridized carbons (Fsp3) is 0.833. The van der Waals surface area contributed by atoms with Gasteiger partial charge in [0.1, 0.15) is 12.9 Å². The summed E-state index contributed by atoms with van der Waals surface area (Å²) in [5.41, 5.74) is 0. The Labute approximate surface area is 113 Å². The normalized spacial score (nSPS) is 24.3. The van der Waals surface area contributed by atoms with E-state index in [9.17, 15) is 4.79 Å². The summed E-state index contributed by atoms with van der Waals surface area (Å²) < 4.78 is 1.42. The third kappa shape index (κ3) is 4.59. The van der Waals surface area contributed by atoms with Gasteiger partial charge in [0.25, 0.3) is 0 Å². The molecule has 106 valence electrons. The highest BCUT2D eigenvalue weighted by atomic mass is 16.2. The van der Waals surface area contributed by atoms with Gasteiger partial charge in [-0.2, -0.15) is 0 Å². The summed E-state index contributed by atoms with van der Waals surface area (Å²) >= 11 is 0. The molecule has 2 heterocycles. The molecule has 0 aliphatic carbocycles. The lowest BCUT2D eigenvalue weighted by molar-refractivity contribution is -0.121. The number of nitrogens with one attached hydrogen (secondary N) is 1. The molecule has 1 fully saturated rings. The lowest BCUT2D eigenvalue weighted by Crippen LogP contribution is -2.43. The molecule has 7 nitrogen and oxygen atoms in total. The molecule has 0 radical (unpaired) electrons. The average molecular weight is 266 g/mol. The molecule has 1 aromatic heterocycles. The minimum absolute atomic E-state index is 0.0505. The standard InChI is InChI=1S/C12H22N6O/c1-10-5-11(2)7-17(6-10)4-3-13-12(19)8-18-9-14-15-16-18/h9-11H,3-8H2,1-2H3,(H,13,19)/t10-,11-/m1/s1. The van der Waals surface area contributed by atoms with Crippen LogP contribution in [0.3, 0.4) is 0 Å². The molecule has 2 atom stereocenters. The molecule has 0 spiro atoms. The van der Waals surface area contributed by atoms with Gasteiger partial charge in [0.05, 0.1) is 0 Å². The van der Waals surface area contributed by atoms with Crippen LogP contribution in [0.1, 0.15) is 20.3 Å². The van der Waals surface area contributed by atoms with Gasteiger partial charge in [-0.1, -0.05) is 13.8 Å². The van der Waals surface area contributed by atoms with Crippen molar-refractivity contribution in [2.45, 2.75) is 26.8 Å². The lowest BCUT2D eigenvalue weighted by atomic mass is 9.92. The van der Waals surface area contributed by atoms with Crippen molar-refractivity contribution in [3.8, 4) is 0 Å².